The molecule has 0 unspecified atom stereocenters. The van der Waals surface area contributed by atoms with E-state index in [9.17, 15) is 4.39 Å². The first-order chi connectivity index (χ1) is 7.69. The second kappa shape index (κ2) is 4.44. The van der Waals surface area contributed by atoms with E-state index in [2.05, 4.69) is 6.92 Å². The van der Waals surface area contributed by atoms with E-state index in [1.54, 1.807) is 12.1 Å². The van der Waals surface area contributed by atoms with Gasteiger partial charge in [-0.3, -0.25) is 0 Å². The Balaban J connectivity index is 2.72. The van der Waals surface area contributed by atoms with Gasteiger partial charge in [0.1, 0.15) is 5.76 Å². The molecule has 86 valence electrons. The van der Waals surface area contributed by atoms with Gasteiger partial charge in [-0.15, -0.1) is 0 Å². The van der Waals surface area contributed by atoms with E-state index in [1.165, 1.54) is 0 Å². The van der Waals surface area contributed by atoms with Crippen LogP contribution in [0.2, 0.25) is 5.02 Å². The highest BCUT2D eigenvalue weighted by Crippen LogP contribution is 2.32. The van der Waals surface area contributed by atoms with Crippen molar-refractivity contribution in [3.8, 4) is 0 Å². The van der Waals surface area contributed by atoms with Gasteiger partial charge in [0.2, 0.25) is 0 Å². The monoisotopic (exact) mass is 241 g/mol. The molecule has 0 aliphatic heterocycles. The molecule has 16 heavy (non-hydrogen) atoms. The number of hydrogen-bond donors (Lipinski definition) is 1. The number of rotatable bonds is 3. The van der Waals surface area contributed by atoms with Crippen LogP contribution in [0, 0.1) is 5.82 Å². The van der Waals surface area contributed by atoms with Crippen LogP contribution in [0.25, 0.3) is 11.0 Å². The van der Waals surface area contributed by atoms with Crippen molar-refractivity contribution in [1.82, 2.24) is 0 Å². The van der Waals surface area contributed by atoms with E-state index < -0.39 is 5.82 Å². The van der Waals surface area contributed by atoms with Gasteiger partial charge in [0, 0.05) is 10.9 Å². The molecule has 0 bridgehead atoms. The maximum Gasteiger partial charge on any atom is 0.184 e. The smallest absolute Gasteiger partial charge is 0.184 e. The van der Waals surface area contributed by atoms with Crippen molar-refractivity contribution >= 4 is 22.6 Å². The van der Waals surface area contributed by atoms with Crippen molar-refractivity contribution in [3.05, 3.63) is 34.3 Å². The second-order valence-corrected chi connectivity index (χ2v) is 4.10. The topological polar surface area (TPSA) is 39.2 Å². The summed E-state index contributed by atoms with van der Waals surface area (Å²) in [7, 11) is 0. The zero-order chi connectivity index (χ0) is 11.7. The highest BCUT2D eigenvalue weighted by Gasteiger charge is 2.17. The van der Waals surface area contributed by atoms with Crippen LogP contribution in [0.1, 0.15) is 24.7 Å². The molecule has 0 saturated carbocycles. The average Bonchev–Trinajstić information content (AvgIpc) is 2.63. The summed E-state index contributed by atoms with van der Waals surface area (Å²) < 4.78 is 19.1. The van der Waals surface area contributed by atoms with Gasteiger partial charge in [0.15, 0.2) is 11.4 Å². The Morgan fingerprint density at radius 3 is 2.81 bits per heavy atom. The summed E-state index contributed by atoms with van der Waals surface area (Å²) in [6.45, 7) is 2.34. The number of fused-ring (bicyclic) bond motifs is 1. The Labute approximate surface area is 98.2 Å². The Kier molecular flexibility index (Phi) is 3.17. The second-order valence-electron chi connectivity index (χ2n) is 3.70. The fraction of sp³-hybridized carbons (Fsp3) is 0.333. The van der Waals surface area contributed by atoms with E-state index >= 15 is 0 Å². The Hall–Kier alpha value is -1.06. The van der Waals surface area contributed by atoms with E-state index in [0.29, 0.717) is 5.76 Å². The standard InChI is InChI=1S/C12H13ClFNO/c1-2-3-7-8-4-5-9(13)11(14)12(8)16-10(7)6-15/h4-5H,2-3,6,15H2,1H3. The van der Waals surface area contributed by atoms with Crippen molar-refractivity contribution in [2.75, 3.05) is 0 Å². The molecule has 0 aliphatic carbocycles. The van der Waals surface area contributed by atoms with Crippen LogP contribution in [-0.2, 0) is 13.0 Å². The summed E-state index contributed by atoms with van der Waals surface area (Å²) in [6.07, 6.45) is 1.80. The lowest BCUT2D eigenvalue weighted by molar-refractivity contribution is 0.517. The highest BCUT2D eigenvalue weighted by atomic mass is 35.5. The van der Waals surface area contributed by atoms with E-state index in [4.69, 9.17) is 21.8 Å². The minimum Gasteiger partial charge on any atom is -0.456 e. The molecule has 2 nitrogen and oxygen atoms in total. The van der Waals surface area contributed by atoms with Crippen LogP contribution in [0.15, 0.2) is 16.5 Å². The molecule has 0 saturated heterocycles. The molecule has 0 atom stereocenters. The predicted octanol–water partition coefficient (Wildman–Crippen LogP) is 3.64. The van der Waals surface area contributed by atoms with Crippen molar-refractivity contribution in [2.45, 2.75) is 26.3 Å². The predicted molar refractivity (Wildman–Crippen MR) is 63.1 cm³/mol. The lowest BCUT2D eigenvalue weighted by atomic mass is 10.1. The number of nitrogens with two attached hydrogens (primary N) is 1. The van der Waals surface area contributed by atoms with Gasteiger partial charge in [-0.1, -0.05) is 24.9 Å². The first-order valence-corrected chi connectivity index (χ1v) is 5.65. The molecule has 0 fully saturated rings. The van der Waals surface area contributed by atoms with Crippen LogP contribution in [-0.4, -0.2) is 0 Å². The number of aryl methyl sites for hydroxylation is 1. The molecule has 1 aromatic carbocycles. The van der Waals surface area contributed by atoms with Gasteiger partial charge in [0.05, 0.1) is 11.6 Å². The first kappa shape index (κ1) is 11.4. The molecule has 2 rings (SSSR count). The average molecular weight is 242 g/mol. The van der Waals surface area contributed by atoms with Crippen molar-refractivity contribution in [1.29, 1.82) is 0 Å². The normalized spacial score (nSPS) is 11.2. The van der Waals surface area contributed by atoms with Crippen LogP contribution in [0.5, 0.6) is 0 Å². The fourth-order valence-corrected chi connectivity index (χ4v) is 2.04. The zero-order valence-electron chi connectivity index (χ0n) is 9.02. The van der Waals surface area contributed by atoms with Gasteiger partial charge >= 0.3 is 0 Å². The van der Waals surface area contributed by atoms with Gasteiger partial charge in [0.25, 0.3) is 0 Å². The quantitative estimate of drug-likeness (QED) is 0.891. The Morgan fingerprint density at radius 2 is 2.19 bits per heavy atom. The minimum atomic E-state index is -0.504. The molecule has 2 aromatic rings. The number of halogens is 2. The molecule has 4 heteroatoms. The molecule has 2 N–H and O–H groups in total. The molecule has 0 amide bonds. The molecule has 1 heterocycles. The van der Waals surface area contributed by atoms with Crippen molar-refractivity contribution in [3.63, 3.8) is 0 Å². The maximum atomic E-state index is 13.7. The van der Waals surface area contributed by atoms with Crippen LogP contribution in [0.3, 0.4) is 0 Å². The summed E-state index contributed by atoms with van der Waals surface area (Å²) in [6, 6.07) is 3.34. The number of hydrogen-bond acceptors (Lipinski definition) is 2. The van der Waals surface area contributed by atoms with E-state index in [-0.39, 0.29) is 17.2 Å². The highest BCUT2D eigenvalue weighted by molar-refractivity contribution is 6.31. The molecule has 0 radical (unpaired) electrons. The summed E-state index contributed by atoms with van der Waals surface area (Å²) >= 11 is 5.70. The third-order valence-electron chi connectivity index (χ3n) is 2.62. The largest absolute Gasteiger partial charge is 0.456 e. The number of benzene rings is 1. The fourth-order valence-electron chi connectivity index (χ4n) is 1.89. The SMILES string of the molecule is CCCc1c(CN)oc2c(F)c(Cl)ccc12. The molecular formula is C12H13ClFNO. The molecule has 0 aliphatic rings. The van der Waals surface area contributed by atoms with Crippen molar-refractivity contribution in [2.24, 2.45) is 5.73 Å². The van der Waals surface area contributed by atoms with Crippen LogP contribution >= 0.6 is 11.6 Å². The van der Waals surface area contributed by atoms with Gasteiger partial charge in [-0.05, 0) is 18.6 Å². The zero-order valence-corrected chi connectivity index (χ0v) is 9.77. The summed E-state index contributed by atoms with van der Waals surface area (Å²) in [4.78, 5) is 0. The van der Waals surface area contributed by atoms with E-state index in [0.717, 1.165) is 23.8 Å². The van der Waals surface area contributed by atoms with Crippen molar-refractivity contribution < 1.29 is 8.81 Å². The third kappa shape index (κ3) is 1.70. The van der Waals surface area contributed by atoms with Gasteiger partial charge in [-0.2, -0.15) is 0 Å². The van der Waals surface area contributed by atoms with Crippen LogP contribution in [0.4, 0.5) is 4.39 Å². The molecule has 1 aromatic heterocycles. The van der Waals surface area contributed by atoms with E-state index in [1.807, 2.05) is 0 Å². The van der Waals surface area contributed by atoms with Crippen LogP contribution < -0.4 is 5.73 Å². The first-order valence-electron chi connectivity index (χ1n) is 5.27. The van der Waals surface area contributed by atoms with Gasteiger partial charge in [-0.25, -0.2) is 4.39 Å². The van der Waals surface area contributed by atoms with Gasteiger partial charge < -0.3 is 10.2 Å². The maximum absolute atomic E-state index is 13.7. The summed E-state index contributed by atoms with van der Waals surface area (Å²) in [5.41, 5.74) is 6.80. The number of furan rings is 1. The lowest BCUT2D eigenvalue weighted by Crippen LogP contribution is -1.98. The lowest BCUT2D eigenvalue weighted by Gasteiger charge is -1.98. The molecule has 0 spiro atoms. The Bertz CT molecular complexity index is 521. The summed E-state index contributed by atoms with van der Waals surface area (Å²) in [5.74, 6) is 0.147. The summed E-state index contributed by atoms with van der Waals surface area (Å²) in [5, 5.41) is 0.858. The minimum absolute atomic E-state index is 0.0767. The Morgan fingerprint density at radius 1 is 1.44 bits per heavy atom. The molecular weight excluding hydrogens is 229 g/mol. The third-order valence-corrected chi connectivity index (χ3v) is 2.91.